The van der Waals surface area contributed by atoms with E-state index >= 15 is 0 Å². The van der Waals surface area contributed by atoms with E-state index in [4.69, 9.17) is 10.6 Å². The Kier molecular flexibility index (Phi) is 4.28. The molecule has 1 aliphatic heterocycles. The first-order valence-electron chi connectivity index (χ1n) is 7.16. The van der Waals surface area contributed by atoms with Crippen LogP contribution in [0.2, 0.25) is 0 Å². The van der Waals surface area contributed by atoms with Crippen LogP contribution in [0.5, 0.6) is 0 Å². The van der Waals surface area contributed by atoms with Crippen molar-refractivity contribution >= 4 is 11.7 Å². The first-order chi connectivity index (χ1) is 10.3. The number of ether oxygens (including phenoxy) is 1. The molecule has 2 heterocycles. The van der Waals surface area contributed by atoms with Crippen LogP contribution in [0.25, 0.3) is 0 Å². The molecule has 114 valence electrons. The summed E-state index contributed by atoms with van der Waals surface area (Å²) >= 11 is 0. The van der Waals surface area contributed by atoms with Crippen LogP contribution in [0.15, 0.2) is 12.4 Å². The van der Waals surface area contributed by atoms with Gasteiger partial charge in [0.25, 0.3) is 0 Å². The van der Waals surface area contributed by atoms with Gasteiger partial charge < -0.3 is 15.5 Å². The summed E-state index contributed by atoms with van der Waals surface area (Å²) in [5.74, 6) is 5.83. The van der Waals surface area contributed by atoms with Crippen LogP contribution in [-0.4, -0.2) is 52.6 Å². The lowest BCUT2D eigenvalue weighted by Gasteiger charge is -2.34. The average molecular weight is 292 g/mol. The van der Waals surface area contributed by atoms with Crippen molar-refractivity contribution in [2.24, 2.45) is 5.84 Å². The maximum atomic E-state index is 12.3. The van der Waals surface area contributed by atoms with Gasteiger partial charge in [0.1, 0.15) is 6.04 Å². The minimum Gasteiger partial charge on any atom is -0.378 e. The van der Waals surface area contributed by atoms with E-state index in [0.29, 0.717) is 38.2 Å². The highest BCUT2D eigenvalue weighted by molar-refractivity contribution is 5.82. The second kappa shape index (κ2) is 6.33. The Labute approximate surface area is 123 Å². The number of carbonyl (C=O) groups is 1. The van der Waals surface area contributed by atoms with E-state index in [-0.39, 0.29) is 11.9 Å². The number of rotatable bonds is 5. The van der Waals surface area contributed by atoms with Crippen molar-refractivity contribution in [1.82, 2.24) is 20.2 Å². The molecular formula is C13H20N6O2. The van der Waals surface area contributed by atoms with Crippen molar-refractivity contribution in [3.63, 3.8) is 0 Å². The maximum absolute atomic E-state index is 12.3. The van der Waals surface area contributed by atoms with E-state index in [0.717, 1.165) is 18.5 Å². The fourth-order valence-corrected chi connectivity index (χ4v) is 2.31. The number of anilines is 1. The minimum atomic E-state index is -0.256. The van der Waals surface area contributed by atoms with Crippen LogP contribution in [0.3, 0.4) is 0 Å². The van der Waals surface area contributed by atoms with Gasteiger partial charge in [-0.25, -0.2) is 10.8 Å². The fourth-order valence-electron chi connectivity index (χ4n) is 2.31. The van der Waals surface area contributed by atoms with Gasteiger partial charge in [-0.3, -0.25) is 14.7 Å². The zero-order chi connectivity index (χ0) is 14.7. The van der Waals surface area contributed by atoms with E-state index in [1.165, 1.54) is 0 Å². The Hall–Kier alpha value is -1.77. The number of aromatic nitrogens is 2. The molecule has 0 spiro atoms. The maximum Gasteiger partial charge on any atom is 0.239 e. The van der Waals surface area contributed by atoms with Gasteiger partial charge in [0.2, 0.25) is 5.91 Å². The molecule has 0 bridgehead atoms. The van der Waals surface area contributed by atoms with Crippen LogP contribution in [0.4, 0.5) is 5.82 Å². The van der Waals surface area contributed by atoms with Gasteiger partial charge in [-0.2, -0.15) is 0 Å². The van der Waals surface area contributed by atoms with Gasteiger partial charge >= 0.3 is 0 Å². The second-order valence-electron chi connectivity index (χ2n) is 5.38. The summed E-state index contributed by atoms with van der Waals surface area (Å²) in [6.07, 6.45) is 5.41. The molecule has 0 aromatic carbocycles. The van der Waals surface area contributed by atoms with Gasteiger partial charge in [-0.05, 0) is 12.8 Å². The Bertz CT molecular complexity index is 490. The molecule has 1 atom stereocenters. The van der Waals surface area contributed by atoms with Crippen LogP contribution in [0.1, 0.15) is 18.5 Å². The molecule has 8 nitrogen and oxygen atoms in total. The average Bonchev–Trinajstić information content (AvgIpc) is 3.32. The molecular weight excluding hydrogens is 272 g/mol. The smallest absolute Gasteiger partial charge is 0.239 e. The number of nitrogens with one attached hydrogen (secondary N) is 2. The van der Waals surface area contributed by atoms with E-state index < -0.39 is 0 Å². The lowest BCUT2D eigenvalue weighted by atomic mass is 10.2. The summed E-state index contributed by atoms with van der Waals surface area (Å²) < 4.78 is 5.44. The standard InChI is InChI=1S/C13H20N6O2/c14-18-12-6-15-10(5-16-12)7-19-3-4-21-8-11(19)13(20)17-9-1-2-9/h5-6,9,11H,1-4,7-8,14H2,(H,16,18)(H,17,20). The number of hydrogen-bond acceptors (Lipinski definition) is 7. The summed E-state index contributed by atoms with van der Waals surface area (Å²) in [4.78, 5) is 22.8. The van der Waals surface area contributed by atoms with Crippen LogP contribution >= 0.6 is 0 Å². The predicted octanol–water partition coefficient (Wildman–Crippen LogP) is -0.758. The Morgan fingerprint density at radius 1 is 1.43 bits per heavy atom. The molecule has 2 aliphatic rings. The summed E-state index contributed by atoms with van der Waals surface area (Å²) in [5.41, 5.74) is 3.25. The molecule has 1 amide bonds. The Morgan fingerprint density at radius 2 is 2.29 bits per heavy atom. The van der Waals surface area contributed by atoms with E-state index in [1.807, 2.05) is 0 Å². The van der Waals surface area contributed by atoms with Crippen molar-refractivity contribution in [2.75, 3.05) is 25.2 Å². The van der Waals surface area contributed by atoms with Gasteiger partial charge in [-0.1, -0.05) is 0 Å². The number of hydrazine groups is 1. The molecule has 21 heavy (non-hydrogen) atoms. The lowest BCUT2D eigenvalue weighted by molar-refractivity contribution is -0.133. The quantitative estimate of drug-likeness (QED) is 0.484. The highest BCUT2D eigenvalue weighted by Crippen LogP contribution is 2.20. The molecule has 1 aromatic rings. The number of amides is 1. The molecule has 8 heteroatoms. The molecule has 3 rings (SSSR count). The third-order valence-corrected chi connectivity index (χ3v) is 3.68. The second-order valence-corrected chi connectivity index (χ2v) is 5.38. The van der Waals surface area contributed by atoms with Crippen LogP contribution in [-0.2, 0) is 16.1 Å². The van der Waals surface area contributed by atoms with Gasteiger partial charge in [-0.15, -0.1) is 0 Å². The molecule has 1 saturated carbocycles. The number of nitrogens with zero attached hydrogens (tertiary/aromatic N) is 3. The molecule has 1 unspecified atom stereocenters. The lowest BCUT2D eigenvalue weighted by Crippen LogP contribution is -2.53. The normalized spacial score (nSPS) is 22.8. The number of hydrogen-bond donors (Lipinski definition) is 3. The molecule has 4 N–H and O–H groups in total. The molecule has 1 aromatic heterocycles. The summed E-state index contributed by atoms with van der Waals surface area (Å²) in [6.45, 7) is 2.34. The van der Waals surface area contributed by atoms with Gasteiger partial charge in [0.05, 0.1) is 31.3 Å². The Balaban J connectivity index is 1.63. The monoisotopic (exact) mass is 292 g/mol. The van der Waals surface area contributed by atoms with E-state index in [1.54, 1.807) is 12.4 Å². The van der Waals surface area contributed by atoms with Gasteiger partial charge in [0.15, 0.2) is 5.82 Å². The zero-order valence-electron chi connectivity index (χ0n) is 11.8. The zero-order valence-corrected chi connectivity index (χ0v) is 11.8. The van der Waals surface area contributed by atoms with Crippen molar-refractivity contribution in [3.05, 3.63) is 18.1 Å². The molecule has 1 aliphatic carbocycles. The van der Waals surface area contributed by atoms with Crippen molar-refractivity contribution in [1.29, 1.82) is 0 Å². The van der Waals surface area contributed by atoms with Crippen LogP contribution < -0.4 is 16.6 Å². The number of morpholine rings is 1. The highest BCUT2D eigenvalue weighted by Gasteiger charge is 2.33. The first-order valence-corrected chi connectivity index (χ1v) is 7.16. The topological polar surface area (TPSA) is 105 Å². The first kappa shape index (κ1) is 14.2. The summed E-state index contributed by atoms with van der Waals surface area (Å²) in [7, 11) is 0. The van der Waals surface area contributed by atoms with Crippen molar-refractivity contribution < 1.29 is 9.53 Å². The molecule has 2 fully saturated rings. The Morgan fingerprint density at radius 3 is 2.95 bits per heavy atom. The molecule has 1 saturated heterocycles. The number of carbonyl (C=O) groups excluding carboxylic acids is 1. The molecule has 0 radical (unpaired) electrons. The van der Waals surface area contributed by atoms with E-state index in [2.05, 4.69) is 25.6 Å². The highest BCUT2D eigenvalue weighted by atomic mass is 16.5. The van der Waals surface area contributed by atoms with Crippen LogP contribution in [0, 0.1) is 0 Å². The van der Waals surface area contributed by atoms with Gasteiger partial charge in [0, 0.05) is 19.1 Å². The summed E-state index contributed by atoms with van der Waals surface area (Å²) in [5, 5.41) is 3.03. The van der Waals surface area contributed by atoms with E-state index in [9.17, 15) is 4.79 Å². The number of nitrogens with two attached hydrogens (primary N) is 1. The largest absolute Gasteiger partial charge is 0.378 e. The number of nitrogen functional groups attached to an aromatic ring is 1. The predicted molar refractivity (Wildman–Crippen MR) is 76.0 cm³/mol. The third kappa shape index (κ3) is 3.66. The SMILES string of the molecule is NNc1cnc(CN2CCOCC2C(=O)NC2CC2)cn1. The van der Waals surface area contributed by atoms with Crippen molar-refractivity contribution in [3.8, 4) is 0 Å². The minimum absolute atomic E-state index is 0.0467. The fraction of sp³-hybridized carbons (Fsp3) is 0.615. The van der Waals surface area contributed by atoms with Crippen molar-refractivity contribution in [2.45, 2.75) is 31.5 Å². The summed E-state index contributed by atoms with van der Waals surface area (Å²) in [6, 6.07) is 0.101. The third-order valence-electron chi connectivity index (χ3n) is 3.68.